The Labute approximate surface area is 125 Å². The molecular weight excluding hydrogens is 361 g/mol. The van der Waals surface area contributed by atoms with Crippen LogP contribution in [0.15, 0.2) is 21.5 Å². The smallest absolute Gasteiger partial charge is 0.207 e. The molecule has 0 aliphatic carbocycles. The van der Waals surface area contributed by atoms with Crippen LogP contribution in [0, 0.1) is 5.92 Å². The van der Waals surface area contributed by atoms with Crippen LogP contribution in [0.3, 0.4) is 0 Å². The van der Waals surface area contributed by atoms with Gasteiger partial charge < -0.3 is 0 Å². The summed E-state index contributed by atoms with van der Waals surface area (Å²) in [6.45, 7) is 3.07. The van der Waals surface area contributed by atoms with Crippen molar-refractivity contribution in [1.82, 2.24) is 4.31 Å². The Bertz CT molecular complexity index is 553. The van der Waals surface area contributed by atoms with E-state index < -0.39 is 10.0 Å². The summed E-state index contributed by atoms with van der Waals surface area (Å²) in [5.41, 5.74) is 0. The van der Waals surface area contributed by atoms with Crippen LogP contribution >= 0.6 is 39.1 Å². The normalized spacial score (nSPS) is 21.4. The van der Waals surface area contributed by atoms with E-state index in [1.807, 2.05) is 6.92 Å². The molecule has 1 fully saturated rings. The largest absolute Gasteiger partial charge is 0.246 e. The third-order valence-corrected chi connectivity index (χ3v) is 6.19. The Morgan fingerprint density at radius 2 is 1.89 bits per heavy atom. The van der Waals surface area contributed by atoms with Crippen molar-refractivity contribution < 1.29 is 8.42 Å². The Balaban J connectivity index is 2.48. The quantitative estimate of drug-likeness (QED) is 0.791. The minimum absolute atomic E-state index is 0.00290. The van der Waals surface area contributed by atoms with Gasteiger partial charge in [0, 0.05) is 17.6 Å². The van der Waals surface area contributed by atoms with E-state index >= 15 is 0 Å². The van der Waals surface area contributed by atoms with Crippen molar-refractivity contribution in [3.63, 3.8) is 0 Å². The molecule has 0 bridgehead atoms. The fraction of sp³-hybridized carbons (Fsp3) is 0.455. The first-order chi connectivity index (χ1) is 8.32. The van der Waals surface area contributed by atoms with Gasteiger partial charge in [0.05, 0.1) is 10.0 Å². The minimum atomic E-state index is -3.60. The number of hydrogen-bond acceptors (Lipinski definition) is 2. The molecule has 1 aliphatic rings. The number of rotatable bonds is 2. The van der Waals surface area contributed by atoms with E-state index in [2.05, 4.69) is 15.9 Å². The molecule has 1 aliphatic heterocycles. The van der Waals surface area contributed by atoms with E-state index in [1.165, 1.54) is 4.31 Å². The predicted molar refractivity (Wildman–Crippen MR) is 76.7 cm³/mol. The lowest BCUT2D eigenvalue weighted by atomic mass is 10.2. The fourth-order valence-corrected chi connectivity index (χ4v) is 5.48. The number of halogens is 3. The van der Waals surface area contributed by atoms with Crippen molar-refractivity contribution >= 4 is 49.2 Å². The van der Waals surface area contributed by atoms with Crippen LogP contribution in [0.4, 0.5) is 0 Å². The SMILES string of the molecule is CC1CCN(S(=O)(=O)c2c(Cl)cc(Br)cc2Cl)C1. The second kappa shape index (κ2) is 5.29. The van der Waals surface area contributed by atoms with Gasteiger partial charge in [0.15, 0.2) is 0 Å². The Hall–Kier alpha value is 0.190. The van der Waals surface area contributed by atoms with Crippen LogP contribution < -0.4 is 0 Å². The highest BCUT2D eigenvalue weighted by molar-refractivity contribution is 9.10. The molecule has 0 saturated carbocycles. The van der Waals surface area contributed by atoms with Gasteiger partial charge in [-0.3, -0.25) is 0 Å². The van der Waals surface area contributed by atoms with E-state index in [-0.39, 0.29) is 14.9 Å². The van der Waals surface area contributed by atoms with Gasteiger partial charge in [0.25, 0.3) is 0 Å². The summed E-state index contributed by atoms with van der Waals surface area (Å²) in [5, 5.41) is 0.294. The van der Waals surface area contributed by atoms with Crippen LogP contribution in [0.2, 0.25) is 10.0 Å². The highest BCUT2D eigenvalue weighted by atomic mass is 79.9. The lowest BCUT2D eigenvalue weighted by Crippen LogP contribution is -2.29. The highest BCUT2D eigenvalue weighted by Gasteiger charge is 2.33. The summed E-state index contributed by atoms with van der Waals surface area (Å²) >= 11 is 15.3. The standard InChI is InChI=1S/C11H12BrCl2NO2S/c1-7-2-3-15(6-7)18(16,17)11-9(13)4-8(12)5-10(11)14/h4-5,7H,2-3,6H2,1H3. The molecule has 100 valence electrons. The Morgan fingerprint density at radius 1 is 1.33 bits per heavy atom. The molecule has 1 heterocycles. The van der Waals surface area contributed by atoms with Gasteiger partial charge in [-0.1, -0.05) is 46.1 Å². The molecule has 2 rings (SSSR count). The summed E-state index contributed by atoms with van der Waals surface area (Å²) in [6, 6.07) is 3.08. The number of sulfonamides is 1. The minimum Gasteiger partial charge on any atom is -0.207 e. The molecule has 1 atom stereocenters. The summed E-state index contributed by atoms with van der Waals surface area (Å²) in [4.78, 5) is 0.00290. The monoisotopic (exact) mass is 371 g/mol. The van der Waals surface area contributed by atoms with E-state index in [9.17, 15) is 8.42 Å². The molecule has 18 heavy (non-hydrogen) atoms. The highest BCUT2D eigenvalue weighted by Crippen LogP contribution is 2.36. The zero-order valence-electron chi connectivity index (χ0n) is 9.66. The van der Waals surface area contributed by atoms with Gasteiger partial charge in [-0.15, -0.1) is 0 Å². The number of hydrogen-bond donors (Lipinski definition) is 0. The Morgan fingerprint density at radius 3 is 2.33 bits per heavy atom. The molecule has 7 heteroatoms. The van der Waals surface area contributed by atoms with Gasteiger partial charge in [0.1, 0.15) is 4.90 Å². The first kappa shape index (κ1) is 14.6. The average Bonchev–Trinajstić information content (AvgIpc) is 2.63. The van der Waals surface area contributed by atoms with Crippen molar-refractivity contribution in [1.29, 1.82) is 0 Å². The van der Waals surface area contributed by atoms with Gasteiger partial charge in [-0.05, 0) is 24.5 Å². The van der Waals surface area contributed by atoms with E-state index in [0.717, 1.165) is 6.42 Å². The summed E-state index contributed by atoms with van der Waals surface area (Å²) in [6.07, 6.45) is 0.866. The van der Waals surface area contributed by atoms with Crippen molar-refractivity contribution in [2.75, 3.05) is 13.1 Å². The molecule has 0 aromatic heterocycles. The molecule has 0 N–H and O–H groups in total. The molecule has 3 nitrogen and oxygen atoms in total. The molecule has 1 aromatic rings. The molecule has 1 unspecified atom stereocenters. The van der Waals surface area contributed by atoms with Crippen LogP contribution in [-0.2, 0) is 10.0 Å². The van der Waals surface area contributed by atoms with Crippen molar-refractivity contribution in [2.45, 2.75) is 18.2 Å². The van der Waals surface area contributed by atoms with E-state index in [0.29, 0.717) is 23.5 Å². The van der Waals surface area contributed by atoms with Crippen LogP contribution in [0.1, 0.15) is 13.3 Å². The van der Waals surface area contributed by atoms with Crippen molar-refractivity contribution in [2.24, 2.45) is 5.92 Å². The fourth-order valence-electron chi connectivity index (χ4n) is 2.02. The lowest BCUT2D eigenvalue weighted by molar-refractivity contribution is 0.464. The number of benzene rings is 1. The second-order valence-corrected chi connectivity index (χ2v) is 8.06. The van der Waals surface area contributed by atoms with Crippen LogP contribution in [0.5, 0.6) is 0 Å². The molecule has 1 aromatic carbocycles. The third-order valence-electron chi connectivity index (χ3n) is 2.95. The van der Waals surface area contributed by atoms with Crippen LogP contribution in [-0.4, -0.2) is 25.8 Å². The molecule has 0 amide bonds. The van der Waals surface area contributed by atoms with Gasteiger partial charge in [0.2, 0.25) is 10.0 Å². The summed E-state index contributed by atoms with van der Waals surface area (Å²) < 4.78 is 27.1. The number of nitrogens with zero attached hydrogens (tertiary/aromatic N) is 1. The maximum absolute atomic E-state index is 12.5. The first-order valence-electron chi connectivity index (χ1n) is 5.47. The molecule has 0 radical (unpaired) electrons. The summed E-state index contributed by atoms with van der Waals surface area (Å²) in [5.74, 6) is 0.368. The van der Waals surface area contributed by atoms with Gasteiger partial charge in [-0.25, -0.2) is 8.42 Å². The predicted octanol–water partition coefficient (Wildman–Crippen LogP) is 3.79. The third kappa shape index (κ3) is 2.70. The summed E-state index contributed by atoms with van der Waals surface area (Å²) in [7, 11) is -3.60. The zero-order valence-corrected chi connectivity index (χ0v) is 13.6. The van der Waals surface area contributed by atoms with Gasteiger partial charge >= 0.3 is 0 Å². The van der Waals surface area contributed by atoms with Crippen molar-refractivity contribution in [3.05, 3.63) is 26.7 Å². The molecule has 1 saturated heterocycles. The maximum Gasteiger partial charge on any atom is 0.246 e. The Kier molecular flexibility index (Phi) is 4.29. The molecular formula is C11H12BrCl2NO2S. The zero-order chi connectivity index (χ0) is 13.5. The average molecular weight is 373 g/mol. The second-order valence-electron chi connectivity index (χ2n) is 4.46. The maximum atomic E-state index is 12.5. The van der Waals surface area contributed by atoms with E-state index in [4.69, 9.17) is 23.2 Å². The first-order valence-corrected chi connectivity index (χ1v) is 8.46. The van der Waals surface area contributed by atoms with Crippen LogP contribution in [0.25, 0.3) is 0 Å². The van der Waals surface area contributed by atoms with Crippen molar-refractivity contribution in [3.8, 4) is 0 Å². The molecule has 0 spiro atoms. The lowest BCUT2D eigenvalue weighted by Gasteiger charge is -2.18. The van der Waals surface area contributed by atoms with Gasteiger partial charge in [-0.2, -0.15) is 4.31 Å². The topological polar surface area (TPSA) is 37.4 Å². The van der Waals surface area contributed by atoms with E-state index in [1.54, 1.807) is 12.1 Å².